The largest absolute Gasteiger partial charge is 0.495 e. The average Bonchev–Trinajstić information content (AvgIpc) is 3.34. The normalized spacial score (nSPS) is 12.5. The SMILES string of the molecule is COc1c(-c2ccc(C(F)(F)F)cc2C)ccc2c1cnn2C(CC(C)C)c1ccc(C(=O)NCCC(=O)O)nc1. The molecule has 216 valence electrons. The van der Waals surface area contributed by atoms with Gasteiger partial charge < -0.3 is 15.2 Å². The predicted molar refractivity (Wildman–Crippen MR) is 148 cm³/mol. The second-order valence-electron chi connectivity index (χ2n) is 10.2. The number of aliphatic carboxylic acids is 1. The molecule has 4 rings (SSSR count). The summed E-state index contributed by atoms with van der Waals surface area (Å²) in [5.74, 6) is -0.672. The second kappa shape index (κ2) is 12.0. The number of hydrogen-bond donors (Lipinski definition) is 2. The van der Waals surface area contributed by atoms with Crippen LogP contribution < -0.4 is 10.1 Å². The minimum Gasteiger partial charge on any atom is -0.495 e. The topological polar surface area (TPSA) is 106 Å². The molecule has 0 fully saturated rings. The molecule has 1 unspecified atom stereocenters. The number of amides is 1. The molecule has 0 saturated carbocycles. The van der Waals surface area contributed by atoms with Crippen molar-refractivity contribution in [2.75, 3.05) is 13.7 Å². The highest BCUT2D eigenvalue weighted by molar-refractivity contribution is 5.94. The van der Waals surface area contributed by atoms with E-state index in [9.17, 15) is 22.8 Å². The lowest BCUT2D eigenvalue weighted by Gasteiger charge is -2.22. The van der Waals surface area contributed by atoms with Gasteiger partial charge in [-0.2, -0.15) is 18.3 Å². The zero-order chi connectivity index (χ0) is 29.9. The van der Waals surface area contributed by atoms with Crippen molar-refractivity contribution in [3.63, 3.8) is 0 Å². The van der Waals surface area contributed by atoms with Crippen LogP contribution in [-0.4, -0.2) is 45.4 Å². The number of aromatic nitrogens is 3. The van der Waals surface area contributed by atoms with E-state index in [0.717, 1.165) is 23.2 Å². The molecule has 41 heavy (non-hydrogen) atoms. The maximum absolute atomic E-state index is 13.2. The second-order valence-corrected chi connectivity index (χ2v) is 10.2. The van der Waals surface area contributed by atoms with Crippen LogP contribution in [0.25, 0.3) is 22.0 Å². The molecule has 8 nitrogen and oxygen atoms in total. The van der Waals surface area contributed by atoms with Crippen LogP contribution in [0, 0.1) is 12.8 Å². The number of benzene rings is 2. The summed E-state index contributed by atoms with van der Waals surface area (Å²) in [5, 5.41) is 16.7. The molecule has 2 aromatic carbocycles. The van der Waals surface area contributed by atoms with E-state index in [1.807, 2.05) is 16.8 Å². The standard InChI is InChI=1S/C30H31F3N4O4/c1-17(2)13-26(19-5-9-24(35-15-19)29(40)34-12-11-27(38)39)37-25-10-8-22(28(41-4)23(25)16-36-37)21-7-6-20(14-18(21)3)30(31,32)33/h5-10,14-17,26H,11-13H2,1-4H3,(H,34,40)(H,38,39). The summed E-state index contributed by atoms with van der Waals surface area (Å²) in [7, 11) is 1.52. The Morgan fingerprint density at radius 2 is 1.80 bits per heavy atom. The zero-order valence-electron chi connectivity index (χ0n) is 23.1. The minimum atomic E-state index is -4.43. The lowest BCUT2D eigenvalue weighted by atomic mass is 9.95. The van der Waals surface area contributed by atoms with Crippen LogP contribution in [0.2, 0.25) is 0 Å². The fourth-order valence-electron chi connectivity index (χ4n) is 4.85. The van der Waals surface area contributed by atoms with E-state index in [2.05, 4.69) is 29.2 Å². The lowest BCUT2D eigenvalue weighted by molar-refractivity contribution is -0.138. The Balaban J connectivity index is 1.70. The predicted octanol–water partition coefficient (Wildman–Crippen LogP) is 6.27. The van der Waals surface area contributed by atoms with E-state index in [4.69, 9.17) is 9.84 Å². The van der Waals surface area contributed by atoms with Crippen LogP contribution in [0.5, 0.6) is 5.75 Å². The Bertz CT molecular complexity index is 1560. The summed E-state index contributed by atoms with van der Waals surface area (Å²) in [6, 6.07) is 10.5. The van der Waals surface area contributed by atoms with Crippen LogP contribution in [0.1, 0.15) is 59.9 Å². The average molecular weight is 569 g/mol. The van der Waals surface area contributed by atoms with E-state index in [0.29, 0.717) is 34.2 Å². The number of rotatable bonds is 10. The third-order valence-electron chi connectivity index (χ3n) is 6.80. The molecular weight excluding hydrogens is 537 g/mol. The van der Waals surface area contributed by atoms with Gasteiger partial charge in [0.2, 0.25) is 0 Å². The molecule has 0 aliphatic carbocycles. The van der Waals surface area contributed by atoms with Crippen molar-refractivity contribution in [3.05, 3.63) is 77.2 Å². The van der Waals surface area contributed by atoms with Gasteiger partial charge in [-0.25, -0.2) is 0 Å². The fourth-order valence-corrected chi connectivity index (χ4v) is 4.85. The maximum atomic E-state index is 13.2. The summed E-state index contributed by atoms with van der Waals surface area (Å²) in [6.45, 7) is 5.81. The van der Waals surface area contributed by atoms with Crippen LogP contribution >= 0.6 is 0 Å². The summed E-state index contributed by atoms with van der Waals surface area (Å²) in [4.78, 5) is 27.4. The van der Waals surface area contributed by atoms with Gasteiger partial charge in [0.1, 0.15) is 11.4 Å². The number of hydrogen-bond acceptors (Lipinski definition) is 5. The summed E-state index contributed by atoms with van der Waals surface area (Å²) < 4.78 is 47.3. The molecule has 0 radical (unpaired) electrons. The summed E-state index contributed by atoms with van der Waals surface area (Å²) >= 11 is 0. The Hall–Kier alpha value is -4.41. The number of nitrogens with zero attached hydrogens (tertiary/aromatic N) is 3. The van der Waals surface area contributed by atoms with Crippen LogP contribution in [0.15, 0.2) is 54.9 Å². The first-order valence-electron chi connectivity index (χ1n) is 13.1. The molecule has 2 N–H and O–H groups in total. The van der Waals surface area contributed by atoms with E-state index >= 15 is 0 Å². The number of carboxylic acids is 1. The van der Waals surface area contributed by atoms with Crippen molar-refractivity contribution in [3.8, 4) is 16.9 Å². The number of fused-ring (bicyclic) bond motifs is 1. The maximum Gasteiger partial charge on any atom is 0.416 e. The monoisotopic (exact) mass is 568 g/mol. The van der Waals surface area contributed by atoms with Crippen molar-refractivity contribution >= 4 is 22.8 Å². The van der Waals surface area contributed by atoms with Gasteiger partial charge in [0.25, 0.3) is 5.91 Å². The van der Waals surface area contributed by atoms with E-state index in [-0.39, 0.29) is 30.6 Å². The smallest absolute Gasteiger partial charge is 0.416 e. The Kier molecular flexibility index (Phi) is 8.65. The van der Waals surface area contributed by atoms with E-state index < -0.39 is 23.6 Å². The van der Waals surface area contributed by atoms with Crippen molar-refractivity contribution in [2.45, 2.75) is 45.8 Å². The highest BCUT2D eigenvalue weighted by Gasteiger charge is 2.31. The molecule has 0 spiro atoms. The van der Waals surface area contributed by atoms with Crippen molar-refractivity contribution < 1.29 is 32.6 Å². The number of methoxy groups -OCH3 is 1. The summed E-state index contributed by atoms with van der Waals surface area (Å²) in [6.07, 6.45) is -0.603. The van der Waals surface area contributed by atoms with Gasteiger partial charge in [0.15, 0.2) is 0 Å². The first kappa shape index (κ1) is 29.6. The van der Waals surface area contributed by atoms with Gasteiger partial charge >= 0.3 is 12.1 Å². The van der Waals surface area contributed by atoms with Gasteiger partial charge in [-0.3, -0.25) is 19.3 Å². The third-order valence-corrected chi connectivity index (χ3v) is 6.80. The molecular formula is C30H31F3N4O4. The van der Waals surface area contributed by atoms with Crippen molar-refractivity contribution in [2.24, 2.45) is 5.92 Å². The molecule has 0 aliphatic rings. The van der Waals surface area contributed by atoms with Crippen LogP contribution in [0.3, 0.4) is 0 Å². The minimum absolute atomic E-state index is 0.00265. The number of ether oxygens (including phenoxy) is 1. The van der Waals surface area contributed by atoms with Crippen molar-refractivity contribution in [1.82, 2.24) is 20.1 Å². The molecule has 2 heterocycles. The van der Waals surface area contributed by atoms with Gasteiger partial charge in [0, 0.05) is 18.3 Å². The number of alkyl halides is 3. The van der Waals surface area contributed by atoms with E-state index in [1.165, 1.54) is 13.2 Å². The highest BCUT2D eigenvalue weighted by atomic mass is 19.4. The Morgan fingerprint density at radius 1 is 1.07 bits per heavy atom. The van der Waals surface area contributed by atoms with E-state index in [1.54, 1.807) is 31.5 Å². The molecule has 0 bridgehead atoms. The number of aryl methyl sites for hydroxylation is 1. The molecule has 1 atom stereocenters. The Morgan fingerprint density at radius 3 is 2.39 bits per heavy atom. The molecule has 1 amide bonds. The number of pyridine rings is 1. The molecule has 0 saturated heterocycles. The molecule has 2 aromatic heterocycles. The number of carbonyl (C=O) groups excluding carboxylic acids is 1. The van der Waals surface area contributed by atoms with Crippen molar-refractivity contribution in [1.29, 1.82) is 0 Å². The molecule has 11 heteroatoms. The summed E-state index contributed by atoms with van der Waals surface area (Å²) in [5.41, 5.74) is 2.83. The van der Waals surface area contributed by atoms with Gasteiger partial charge in [-0.05, 0) is 66.3 Å². The van der Waals surface area contributed by atoms with Gasteiger partial charge in [0.05, 0.1) is 42.2 Å². The number of carboxylic acid groups (broad SMARTS) is 1. The zero-order valence-corrected chi connectivity index (χ0v) is 23.1. The number of carbonyl (C=O) groups is 2. The first-order valence-corrected chi connectivity index (χ1v) is 13.1. The molecule has 4 aromatic rings. The molecule has 0 aliphatic heterocycles. The van der Waals surface area contributed by atoms with Gasteiger partial charge in [-0.1, -0.05) is 26.0 Å². The Labute approximate surface area is 235 Å². The number of nitrogens with one attached hydrogen (secondary N) is 1. The first-order chi connectivity index (χ1) is 19.4. The lowest BCUT2D eigenvalue weighted by Crippen LogP contribution is -2.27. The van der Waals surface area contributed by atoms with Crippen LogP contribution in [0.4, 0.5) is 13.2 Å². The third kappa shape index (κ3) is 6.50. The van der Waals surface area contributed by atoms with Crippen LogP contribution in [-0.2, 0) is 11.0 Å². The fraction of sp³-hybridized carbons (Fsp3) is 0.333. The quantitative estimate of drug-likeness (QED) is 0.233. The van der Waals surface area contributed by atoms with Gasteiger partial charge in [-0.15, -0.1) is 0 Å². The highest BCUT2D eigenvalue weighted by Crippen LogP contribution is 2.41. The number of halogens is 3.